The molecule has 1 unspecified atom stereocenters. The Morgan fingerprint density at radius 2 is 2.00 bits per heavy atom. The molecule has 1 aliphatic carbocycles. The zero-order chi connectivity index (χ0) is 13.9. The van der Waals surface area contributed by atoms with Crippen LogP contribution >= 0.6 is 0 Å². The first-order valence-corrected chi connectivity index (χ1v) is 7.17. The van der Waals surface area contributed by atoms with Gasteiger partial charge >= 0.3 is 0 Å². The molecule has 0 aromatic carbocycles. The van der Waals surface area contributed by atoms with Gasteiger partial charge in [0.25, 0.3) is 0 Å². The summed E-state index contributed by atoms with van der Waals surface area (Å²) in [6.45, 7) is 4.05. The van der Waals surface area contributed by atoms with Gasteiger partial charge in [-0.1, -0.05) is 32.1 Å². The van der Waals surface area contributed by atoms with Crippen molar-refractivity contribution < 1.29 is 9.59 Å². The highest BCUT2D eigenvalue weighted by Gasteiger charge is 2.50. The molecule has 0 radical (unpaired) electrons. The van der Waals surface area contributed by atoms with Crippen LogP contribution in [0, 0.1) is 11.8 Å². The molecule has 1 saturated heterocycles. The molecule has 0 aromatic heterocycles. The molecule has 2 rings (SSSR count). The molecule has 104 valence electrons. The normalized spacial score (nSPS) is 25.8. The summed E-state index contributed by atoms with van der Waals surface area (Å²) < 4.78 is 0. The zero-order valence-electron chi connectivity index (χ0n) is 11.8. The van der Waals surface area contributed by atoms with Gasteiger partial charge in [0, 0.05) is 0 Å². The Hall–Kier alpha value is -1.50. The SMILES string of the molecule is CC#CCN1C(=O)C2(CCCCC2)NC(=O)C1CC. The summed E-state index contributed by atoms with van der Waals surface area (Å²) in [4.78, 5) is 26.7. The van der Waals surface area contributed by atoms with Crippen LogP contribution in [0.1, 0.15) is 52.4 Å². The summed E-state index contributed by atoms with van der Waals surface area (Å²) in [5.74, 6) is 5.80. The van der Waals surface area contributed by atoms with E-state index in [9.17, 15) is 9.59 Å². The number of carbonyl (C=O) groups is 2. The quantitative estimate of drug-likeness (QED) is 0.766. The van der Waals surface area contributed by atoms with E-state index in [0.29, 0.717) is 13.0 Å². The van der Waals surface area contributed by atoms with Crippen LogP contribution in [-0.4, -0.2) is 34.8 Å². The molecule has 1 spiro atoms. The number of nitrogens with one attached hydrogen (secondary N) is 1. The second-order valence-corrected chi connectivity index (χ2v) is 5.42. The summed E-state index contributed by atoms with van der Waals surface area (Å²) in [5.41, 5.74) is -0.642. The predicted molar refractivity (Wildman–Crippen MR) is 73.2 cm³/mol. The Kier molecular flexibility index (Phi) is 4.14. The van der Waals surface area contributed by atoms with E-state index >= 15 is 0 Å². The molecule has 19 heavy (non-hydrogen) atoms. The van der Waals surface area contributed by atoms with E-state index in [0.717, 1.165) is 32.1 Å². The number of amides is 2. The smallest absolute Gasteiger partial charge is 0.249 e. The van der Waals surface area contributed by atoms with Crippen molar-refractivity contribution in [2.45, 2.75) is 64.0 Å². The molecular formula is C15H22N2O2. The number of hydrogen-bond acceptors (Lipinski definition) is 2. The highest BCUT2D eigenvalue weighted by atomic mass is 16.2. The summed E-state index contributed by atoms with van der Waals surface area (Å²) >= 11 is 0. The van der Waals surface area contributed by atoms with Crippen LogP contribution in [0.15, 0.2) is 0 Å². The third-order valence-corrected chi connectivity index (χ3v) is 4.23. The highest BCUT2D eigenvalue weighted by molar-refractivity contribution is 6.00. The summed E-state index contributed by atoms with van der Waals surface area (Å²) in [6, 6.07) is -0.360. The van der Waals surface area contributed by atoms with Crippen molar-refractivity contribution in [1.82, 2.24) is 10.2 Å². The lowest BCUT2D eigenvalue weighted by Gasteiger charge is -2.47. The van der Waals surface area contributed by atoms with Gasteiger partial charge in [-0.15, -0.1) is 5.92 Å². The highest BCUT2D eigenvalue weighted by Crippen LogP contribution is 2.33. The molecule has 1 saturated carbocycles. The Balaban J connectivity index is 2.27. The van der Waals surface area contributed by atoms with Crippen LogP contribution in [0.3, 0.4) is 0 Å². The van der Waals surface area contributed by atoms with Gasteiger partial charge in [0.2, 0.25) is 11.8 Å². The average Bonchev–Trinajstić information content (AvgIpc) is 2.42. The Labute approximate surface area is 114 Å². The lowest BCUT2D eigenvalue weighted by Crippen LogP contribution is -2.70. The fourth-order valence-corrected chi connectivity index (χ4v) is 3.18. The molecule has 2 amide bonds. The minimum absolute atomic E-state index is 0.0121. The summed E-state index contributed by atoms with van der Waals surface area (Å²) in [6.07, 6.45) is 5.34. The second kappa shape index (κ2) is 5.64. The molecule has 2 fully saturated rings. The minimum atomic E-state index is -0.642. The molecule has 1 aliphatic heterocycles. The molecule has 4 heteroatoms. The van der Waals surface area contributed by atoms with E-state index in [4.69, 9.17) is 0 Å². The first-order chi connectivity index (χ1) is 9.14. The molecule has 1 heterocycles. The molecule has 1 N–H and O–H groups in total. The Bertz CT molecular complexity index is 427. The fraction of sp³-hybridized carbons (Fsp3) is 0.733. The number of carbonyl (C=O) groups excluding carboxylic acids is 2. The number of piperazine rings is 1. The van der Waals surface area contributed by atoms with Gasteiger partial charge in [-0.3, -0.25) is 9.59 Å². The lowest BCUT2D eigenvalue weighted by atomic mass is 9.78. The molecule has 2 aliphatic rings. The second-order valence-electron chi connectivity index (χ2n) is 5.42. The van der Waals surface area contributed by atoms with Crippen LogP contribution in [0.2, 0.25) is 0 Å². The van der Waals surface area contributed by atoms with E-state index in [-0.39, 0.29) is 17.9 Å². The maximum atomic E-state index is 12.8. The van der Waals surface area contributed by atoms with E-state index < -0.39 is 5.54 Å². The first-order valence-electron chi connectivity index (χ1n) is 7.17. The first kappa shape index (κ1) is 13.9. The zero-order valence-corrected chi connectivity index (χ0v) is 11.8. The Morgan fingerprint density at radius 3 is 2.58 bits per heavy atom. The van der Waals surface area contributed by atoms with Gasteiger partial charge in [-0.25, -0.2) is 0 Å². The van der Waals surface area contributed by atoms with Crippen molar-refractivity contribution in [1.29, 1.82) is 0 Å². The standard InChI is InChI=1S/C15H22N2O2/c1-3-5-11-17-12(4-2)13(18)16-15(14(17)19)9-7-6-8-10-15/h12H,4,6-11H2,1-2H3,(H,16,18). The van der Waals surface area contributed by atoms with Gasteiger partial charge in [0.05, 0.1) is 6.54 Å². The lowest BCUT2D eigenvalue weighted by molar-refractivity contribution is -0.156. The van der Waals surface area contributed by atoms with Crippen LogP contribution in [0.4, 0.5) is 0 Å². The molecular weight excluding hydrogens is 240 g/mol. The summed E-state index contributed by atoms with van der Waals surface area (Å²) in [7, 11) is 0. The van der Waals surface area contributed by atoms with Crippen molar-refractivity contribution in [3.8, 4) is 11.8 Å². The van der Waals surface area contributed by atoms with E-state index in [1.165, 1.54) is 0 Å². The van der Waals surface area contributed by atoms with Crippen molar-refractivity contribution in [2.75, 3.05) is 6.54 Å². The van der Waals surface area contributed by atoms with Gasteiger partial charge in [-0.05, 0) is 26.2 Å². The largest absolute Gasteiger partial charge is 0.340 e. The average molecular weight is 262 g/mol. The predicted octanol–water partition coefficient (Wildman–Crippen LogP) is 1.45. The molecule has 1 atom stereocenters. The fourth-order valence-electron chi connectivity index (χ4n) is 3.18. The van der Waals surface area contributed by atoms with E-state index in [2.05, 4.69) is 17.2 Å². The van der Waals surface area contributed by atoms with Gasteiger partial charge in [0.1, 0.15) is 11.6 Å². The maximum Gasteiger partial charge on any atom is 0.249 e. The topological polar surface area (TPSA) is 49.4 Å². The molecule has 0 bridgehead atoms. The van der Waals surface area contributed by atoms with Crippen LogP contribution in [0.25, 0.3) is 0 Å². The monoisotopic (exact) mass is 262 g/mol. The van der Waals surface area contributed by atoms with Crippen molar-refractivity contribution >= 4 is 11.8 Å². The Morgan fingerprint density at radius 1 is 1.32 bits per heavy atom. The summed E-state index contributed by atoms with van der Waals surface area (Å²) in [5, 5.41) is 3.01. The van der Waals surface area contributed by atoms with Crippen molar-refractivity contribution in [3.05, 3.63) is 0 Å². The number of rotatable bonds is 2. The van der Waals surface area contributed by atoms with Crippen molar-refractivity contribution in [3.63, 3.8) is 0 Å². The van der Waals surface area contributed by atoms with Gasteiger partial charge in [0.15, 0.2) is 0 Å². The van der Waals surface area contributed by atoms with E-state index in [1.807, 2.05) is 6.92 Å². The van der Waals surface area contributed by atoms with Gasteiger partial charge in [-0.2, -0.15) is 0 Å². The molecule has 0 aromatic rings. The third kappa shape index (κ3) is 2.47. The van der Waals surface area contributed by atoms with Crippen molar-refractivity contribution in [2.24, 2.45) is 0 Å². The van der Waals surface area contributed by atoms with Gasteiger partial charge < -0.3 is 10.2 Å². The molecule has 4 nitrogen and oxygen atoms in total. The number of hydrogen-bond donors (Lipinski definition) is 1. The van der Waals surface area contributed by atoms with E-state index in [1.54, 1.807) is 11.8 Å². The maximum absolute atomic E-state index is 12.8. The van der Waals surface area contributed by atoms with Crippen LogP contribution < -0.4 is 5.32 Å². The third-order valence-electron chi connectivity index (χ3n) is 4.23. The van der Waals surface area contributed by atoms with Crippen LogP contribution in [-0.2, 0) is 9.59 Å². The number of nitrogens with zero attached hydrogens (tertiary/aromatic N) is 1. The van der Waals surface area contributed by atoms with Crippen LogP contribution in [0.5, 0.6) is 0 Å². The minimum Gasteiger partial charge on any atom is -0.340 e.